The molecule has 1 aromatic rings. The fourth-order valence-corrected chi connectivity index (χ4v) is 3.33. The Hall–Kier alpha value is -1.42. The van der Waals surface area contributed by atoms with Gasteiger partial charge in [-0.15, -0.1) is 0 Å². The lowest BCUT2D eigenvalue weighted by atomic mass is 9.69. The molecule has 0 aliphatic heterocycles. The average molecular weight is 313 g/mol. The molecule has 0 atom stereocenters. The van der Waals surface area contributed by atoms with Crippen LogP contribution >= 0.6 is 11.6 Å². The lowest BCUT2D eigenvalue weighted by Crippen LogP contribution is -2.38. The van der Waals surface area contributed by atoms with Crippen molar-refractivity contribution in [1.82, 2.24) is 0 Å². The third-order valence-corrected chi connectivity index (χ3v) is 4.48. The molecule has 1 fully saturated rings. The number of carbonyl (C=O) groups is 1. The Kier molecular flexibility index (Phi) is 4.99. The molecular formula is C16H21ClO4. The van der Waals surface area contributed by atoms with Crippen LogP contribution in [-0.2, 0) is 10.2 Å². The molecule has 0 bridgehead atoms. The second-order valence-electron chi connectivity index (χ2n) is 5.36. The van der Waals surface area contributed by atoms with Gasteiger partial charge in [0.1, 0.15) is 11.5 Å². The summed E-state index contributed by atoms with van der Waals surface area (Å²) >= 11 is 6.21. The van der Waals surface area contributed by atoms with Crippen LogP contribution in [0.1, 0.15) is 44.6 Å². The van der Waals surface area contributed by atoms with Crippen molar-refractivity contribution in [1.29, 1.82) is 0 Å². The van der Waals surface area contributed by atoms with Gasteiger partial charge in [0, 0.05) is 11.6 Å². The second kappa shape index (κ2) is 6.56. The van der Waals surface area contributed by atoms with Gasteiger partial charge in [0.05, 0.1) is 24.2 Å². The molecule has 0 amide bonds. The Labute approximate surface area is 130 Å². The predicted molar refractivity (Wildman–Crippen MR) is 81.6 cm³/mol. The van der Waals surface area contributed by atoms with Crippen LogP contribution in [0.25, 0.3) is 0 Å². The van der Waals surface area contributed by atoms with Crippen LogP contribution in [0.4, 0.5) is 0 Å². The maximum absolute atomic E-state index is 12.0. The first-order chi connectivity index (χ1) is 10.0. The van der Waals surface area contributed by atoms with Crippen LogP contribution in [0, 0.1) is 0 Å². The fourth-order valence-electron chi connectivity index (χ4n) is 3.09. The lowest BCUT2D eigenvalue weighted by Gasteiger charge is -2.35. The minimum Gasteiger partial charge on any atom is -0.495 e. The first-order valence-electron chi connectivity index (χ1n) is 7.29. The molecule has 1 aromatic carbocycles. The van der Waals surface area contributed by atoms with Gasteiger partial charge in [0.15, 0.2) is 0 Å². The van der Waals surface area contributed by atoms with Gasteiger partial charge < -0.3 is 14.6 Å². The van der Waals surface area contributed by atoms with Gasteiger partial charge >= 0.3 is 5.97 Å². The summed E-state index contributed by atoms with van der Waals surface area (Å²) in [6.45, 7) is 2.34. The summed E-state index contributed by atoms with van der Waals surface area (Å²) in [4.78, 5) is 12.0. The number of methoxy groups -OCH3 is 1. The molecule has 1 N–H and O–H groups in total. The molecule has 4 nitrogen and oxygen atoms in total. The lowest BCUT2D eigenvalue weighted by molar-refractivity contribution is -0.145. The van der Waals surface area contributed by atoms with E-state index in [4.69, 9.17) is 21.1 Å². The monoisotopic (exact) mass is 312 g/mol. The van der Waals surface area contributed by atoms with E-state index in [1.54, 1.807) is 12.1 Å². The Balaban J connectivity index is 2.58. The number of hydrogen-bond acceptors (Lipinski definition) is 3. The average Bonchev–Trinajstić information content (AvgIpc) is 2.49. The molecule has 0 radical (unpaired) electrons. The Morgan fingerprint density at radius 1 is 1.29 bits per heavy atom. The van der Waals surface area contributed by atoms with Gasteiger partial charge in [-0.2, -0.15) is 0 Å². The Morgan fingerprint density at radius 3 is 2.48 bits per heavy atom. The van der Waals surface area contributed by atoms with E-state index in [1.807, 2.05) is 6.92 Å². The van der Waals surface area contributed by atoms with E-state index in [1.165, 1.54) is 7.11 Å². The van der Waals surface area contributed by atoms with Crippen molar-refractivity contribution in [3.8, 4) is 11.5 Å². The van der Waals surface area contributed by atoms with Crippen molar-refractivity contribution in [2.24, 2.45) is 0 Å². The summed E-state index contributed by atoms with van der Waals surface area (Å²) in [5.41, 5.74) is -0.235. The first kappa shape index (κ1) is 16.0. The molecular weight excluding hydrogens is 292 g/mol. The summed E-state index contributed by atoms with van der Waals surface area (Å²) in [6.07, 6.45) is 4.11. The standard InChI is InChI=1S/C16H21ClO4/c1-3-21-13-10-14(20-2)12(17)9-11(13)16(15(18)19)7-5-4-6-8-16/h9-10H,3-8H2,1-2H3,(H,18,19). The van der Waals surface area contributed by atoms with E-state index in [0.717, 1.165) is 19.3 Å². The SMILES string of the molecule is CCOc1cc(OC)c(Cl)cc1C1(C(=O)O)CCCCC1. The predicted octanol–water partition coefficient (Wildman–Crippen LogP) is 4.03. The number of hydrogen-bond donors (Lipinski definition) is 1. The summed E-state index contributed by atoms with van der Waals surface area (Å²) in [6, 6.07) is 3.39. The van der Waals surface area contributed by atoms with E-state index in [9.17, 15) is 9.90 Å². The zero-order valence-corrected chi connectivity index (χ0v) is 13.2. The fraction of sp³-hybridized carbons (Fsp3) is 0.562. The molecule has 0 spiro atoms. The third-order valence-electron chi connectivity index (χ3n) is 4.19. The van der Waals surface area contributed by atoms with E-state index in [2.05, 4.69) is 0 Å². The van der Waals surface area contributed by atoms with Gasteiger partial charge in [0.2, 0.25) is 0 Å². The summed E-state index contributed by atoms with van der Waals surface area (Å²) < 4.78 is 10.9. The first-order valence-corrected chi connectivity index (χ1v) is 7.67. The van der Waals surface area contributed by atoms with Crippen molar-refractivity contribution in [2.45, 2.75) is 44.4 Å². The molecule has 0 saturated heterocycles. The highest BCUT2D eigenvalue weighted by Gasteiger charge is 2.43. The molecule has 21 heavy (non-hydrogen) atoms. The minimum atomic E-state index is -0.904. The zero-order valence-electron chi connectivity index (χ0n) is 12.4. The smallest absolute Gasteiger partial charge is 0.314 e. The highest BCUT2D eigenvalue weighted by Crippen LogP contribution is 2.46. The molecule has 2 rings (SSSR count). The summed E-state index contributed by atoms with van der Waals surface area (Å²) in [5.74, 6) is 0.257. The normalized spacial score (nSPS) is 17.3. The van der Waals surface area contributed by atoms with Gasteiger partial charge in [0.25, 0.3) is 0 Å². The number of benzene rings is 1. The van der Waals surface area contributed by atoms with Crippen molar-refractivity contribution < 1.29 is 19.4 Å². The van der Waals surface area contributed by atoms with Gasteiger partial charge in [-0.05, 0) is 25.8 Å². The van der Waals surface area contributed by atoms with Crippen LogP contribution in [-0.4, -0.2) is 24.8 Å². The van der Waals surface area contributed by atoms with Crippen LogP contribution in [0.5, 0.6) is 11.5 Å². The molecule has 0 heterocycles. The molecule has 0 unspecified atom stereocenters. The number of rotatable bonds is 5. The van der Waals surface area contributed by atoms with Crippen LogP contribution in [0.15, 0.2) is 12.1 Å². The maximum Gasteiger partial charge on any atom is 0.314 e. The Morgan fingerprint density at radius 2 is 1.95 bits per heavy atom. The molecule has 1 saturated carbocycles. The van der Waals surface area contributed by atoms with Crippen molar-refractivity contribution >= 4 is 17.6 Å². The number of carboxylic acids is 1. The number of ether oxygens (including phenoxy) is 2. The molecule has 5 heteroatoms. The third kappa shape index (κ3) is 2.95. The molecule has 116 valence electrons. The minimum absolute atomic E-state index is 0.419. The number of halogens is 1. The molecule has 0 aromatic heterocycles. The number of carboxylic acid groups (broad SMARTS) is 1. The van der Waals surface area contributed by atoms with Gasteiger partial charge in [-0.1, -0.05) is 30.9 Å². The Bertz CT molecular complexity index is 521. The highest BCUT2D eigenvalue weighted by atomic mass is 35.5. The van der Waals surface area contributed by atoms with Crippen LogP contribution in [0.3, 0.4) is 0 Å². The van der Waals surface area contributed by atoms with Gasteiger partial charge in [-0.25, -0.2) is 0 Å². The summed E-state index contributed by atoms with van der Waals surface area (Å²) in [7, 11) is 1.53. The van der Waals surface area contributed by atoms with Crippen molar-refractivity contribution in [3.63, 3.8) is 0 Å². The highest BCUT2D eigenvalue weighted by molar-refractivity contribution is 6.32. The van der Waals surface area contributed by atoms with E-state index in [0.29, 0.717) is 41.5 Å². The number of aliphatic carboxylic acids is 1. The zero-order chi connectivity index (χ0) is 15.5. The van der Waals surface area contributed by atoms with Gasteiger partial charge in [-0.3, -0.25) is 4.79 Å². The summed E-state index contributed by atoms with van der Waals surface area (Å²) in [5, 5.41) is 10.2. The van der Waals surface area contributed by atoms with Crippen molar-refractivity contribution in [3.05, 3.63) is 22.7 Å². The largest absolute Gasteiger partial charge is 0.495 e. The molecule has 1 aliphatic carbocycles. The van der Waals surface area contributed by atoms with Crippen molar-refractivity contribution in [2.75, 3.05) is 13.7 Å². The topological polar surface area (TPSA) is 55.8 Å². The van der Waals surface area contributed by atoms with E-state index >= 15 is 0 Å². The second-order valence-corrected chi connectivity index (χ2v) is 5.77. The van der Waals surface area contributed by atoms with E-state index in [-0.39, 0.29) is 0 Å². The van der Waals surface area contributed by atoms with Crippen LogP contribution < -0.4 is 9.47 Å². The van der Waals surface area contributed by atoms with E-state index < -0.39 is 11.4 Å². The quantitative estimate of drug-likeness (QED) is 0.891. The maximum atomic E-state index is 12.0. The molecule has 1 aliphatic rings. The van der Waals surface area contributed by atoms with Crippen LogP contribution in [0.2, 0.25) is 5.02 Å².